The first-order chi connectivity index (χ1) is 9.72. The highest BCUT2D eigenvalue weighted by molar-refractivity contribution is 7.71. The number of nitrogens with zero attached hydrogens (tertiary/aromatic N) is 2. The van der Waals surface area contributed by atoms with Crippen LogP contribution in [0.15, 0.2) is 36.4 Å². The summed E-state index contributed by atoms with van der Waals surface area (Å²) in [4.78, 5) is 7.66. The van der Waals surface area contributed by atoms with Crippen LogP contribution in [0.1, 0.15) is 12.5 Å². The molecule has 20 heavy (non-hydrogen) atoms. The van der Waals surface area contributed by atoms with Crippen molar-refractivity contribution in [2.45, 2.75) is 13.3 Å². The van der Waals surface area contributed by atoms with Gasteiger partial charge < -0.3 is 9.72 Å². The second kappa shape index (κ2) is 5.09. The van der Waals surface area contributed by atoms with Gasteiger partial charge in [-0.2, -0.15) is 4.98 Å². The van der Waals surface area contributed by atoms with Crippen LogP contribution in [0.4, 0.5) is 0 Å². The molecule has 2 aromatic heterocycles. The fourth-order valence-corrected chi connectivity index (χ4v) is 2.54. The van der Waals surface area contributed by atoms with E-state index in [-0.39, 0.29) is 0 Å². The number of nitrogens with one attached hydrogen (secondary N) is 1. The van der Waals surface area contributed by atoms with Crippen molar-refractivity contribution in [3.8, 4) is 11.6 Å². The standard InChI is InChI=1S/C15H15N3OS/c1-3-10-5-4-6-11(9-10)18-14-12(16-15(18)20)7-8-13(17-14)19-2/h4-9H,3H2,1-2H3,(H,16,20). The maximum Gasteiger partial charge on any atom is 0.215 e. The monoisotopic (exact) mass is 285 g/mol. The van der Waals surface area contributed by atoms with Gasteiger partial charge in [-0.15, -0.1) is 0 Å². The van der Waals surface area contributed by atoms with E-state index in [1.807, 2.05) is 28.8 Å². The molecule has 0 aliphatic heterocycles. The summed E-state index contributed by atoms with van der Waals surface area (Å²) in [6.07, 6.45) is 0.986. The van der Waals surface area contributed by atoms with Gasteiger partial charge in [-0.05, 0) is 42.4 Å². The fraction of sp³-hybridized carbons (Fsp3) is 0.200. The normalized spacial score (nSPS) is 10.9. The number of hydrogen-bond acceptors (Lipinski definition) is 3. The van der Waals surface area contributed by atoms with Crippen LogP contribution in [0.2, 0.25) is 0 Å². The van der Waals surface area contributed by atoms with Crippen molar-refractivity contribution in [1.29, 1.82) is 0 Å². The Bertz CT molecular complexity index is 819. The molecule has 0 spiro atoms. The lowest BCUT2D eigenvalue weighted by molar-refractivity contribution is 0.399. The van der Waals surface area contributed by atoms with Crippen LogP contribution < -0.4 is 4.74 Å². The molecule has 0 bridgehead atoms. The quantitative estimate of drug-likeness (QED) is 0.747. The highest BCUT2D eigenvalue weighted by Gasteiger charge is 2.09. The highest BCUT2D eigenvalue weighted by Crippen LogP contribution is 2.21. The number of ether oxygens (including phenoxy) is 1. The van der Waals surface area contributed by atoms with E-state index in [1.54, 1.807) is 7.11 Å². The van der Waals surface area contributed by atoms with Gasteiger partial charge in [-0.3, -0.25) is 4.57 Å². The van der Waals surface area contributed by atoms with Crippen molar-refractivity contribution in [3.05, 3.63) is 46.7 Å². The minimum absolute atomic E-state index is 0.576. The summed E-state index contributed by atoms with van der Waals surface area (Å²) >= 11 is 5.42. The summed E-state index contributed by atoms with van der Waals surface area (Å²) in [5.41, 5.74) is 3.96. The van der Waals surface area contributed by atoms with Gasteiger partial charge in [0, 0.05) is 6.07 Å². The van der Waals surface area contributed by atoms with E-state index < -0.39 is 0 Å². The molecule has 0 saturated carbocycles. The molecule has 4 nitrogen and oxygen atoms in total. The van der Waals surface area contributed by atoms with E-state index in [1.165, 1.54) is 5.56 Å². The summed E-state index contributed by atoms with van der Waals surface area (Å²) in [5, 5.41) is 0. The number of fused-ring (bicyclic) bond motifs is 1. The maximum atomic E-state index is 5.42. The van der Waals surface area contributed by atoms with Crippen LogP contribution in [0.25, 0.3) is 16.9 Å². The minimum Gasteiger partial charge on any atom is -0.481 e. The zero-order chi connectivity index (χ0) is 14.1. The molecule has 0 aliphatic rings. The lowest BCUT2D eigenvalue weighted by Gasteiger charge is -2.06. The molecular weight excluding hydrogens is 270 g/mol. The lowest BCUT2D eigenvalue weighted by atomic mass is 10.1. The van der Waals surface area contributed by atoms with Crippen LogP contribution in [0.3, 0.4) is 0 Å². The van der Waals surface area contributed by atoms with Gasteiger partial charge in [0.2, 0.25) is 5.88 Å². The first-order valence-corrected chi connectivity index (χ1v) is 6.89. The Kier molecular flexibility index (Phi) is 3.28. The number of hydrogen-bond donors (Lipinski definition) is 1. The number of benzene rings is 1. The van der Waals surface area contributed by atoms with Gasteiger partial charge >= 0.3 is 0 Å². The summed E-state index contributed by atoms with van der Waals surface area (Å²) in [5.74, 6) is 0.576. The summed E-state index contributed by atoms with van der Waals surface area (Å²) in [6, 6.07) is 12.1. The average molecular weight is 285 g/mol. The third-order valence-corrected chi connectivity index (χ3v) is 3.58. The molecule has 3 rings (SSSR count). The SMILES string of the molecule is CCc1cccc(-n2c(=S)[nH]c3ccc(OC)nc32)c1. The molecule has 102 valence electrons. The highest BCUT2D eigenvalue weighted by atomic mass is 32.1. The second-order valence-electron chi connectivity index (χ2n) is 4.51. The van der Waals surface area contributed by atoms with Crippen LogP contribution in [0.5, 0.6) is 5.88 Å². The number of H-pyrrole nitrogens is 1. The summed E-state index contributed by atoms with van der Waals surface area (Å²) < 4.78 is 7.77. The Balaban J connectivity index is 2.28. The van der Waals surface area contributed by atoms with Gasteiger partial charge in [0.25, 0.3) is 0 Å². The number of aryl methyl sites for hydroxylation is 1. The number of aromatic nitrogens is 3. The molecule has 3 aromatic rings. The van der Waals surface area contributed by atoms with E-state index in [9.17, 15) is 0 Å². The number of methoxy groups -OCH3 is 1. The Morgan fingerprint density at radius 2 is 2.15 bits per heavy atom. The van der Waals surface area contributed by atoms with Gasteiger partial charge in [0.05, 0.1) is 18.3 Å². The number of aromatic amines is 1. The Labute approximate surface area is 122 Å². The molecule has 0 fully saturated rings. The summed E-state index contributed by atoms with van der Waals surface area (Å²) in [6.45, 7) is 2.13. The molecule has 0 aliphatic carbocycles. The fourth-order valence-electron chi connectivity index (χ4n) is 2.24. The van der Waals surface area contributed by atoms with E-state index in [0.717, 1.165) is 23.3 Å². The minimum atomic E-state index is 0.576. The van der Waals surface area contributed by atoms with Crippen molar-refractivity contribution in [1.82, 2.24) is 14.5 Å². The third-order valence-electron chi connectivity index (χ3n) is 3.29. The van der Waals surface area contributed by atoms with Gasteiger partial charge in [0.15, 0.2) is 10.4 Å². The molecule has 0 amide bonds. The number of imidazole rings is 1. The largest absolute Gasteiger partial charge is 0.481 e. The van der Waals surface area contributed by atoms with E-state index in [4.69, 9.17) is 17.0 Å². The average Bonchev–Trinajstić information content (AvgIpc) is 2.82. The molecule has 0 saturated heterocycles. The Morgan fingerprint density at radius 1 is 1.30 bits per heavy atom. The van der Waals surface area contributed by atoms with Crippen molar-refractivity contribution >= 4 is 23.4 Å². The Hall–Kier alpha value is -2.14. The smallest absolute Gasteiger partial charge is 0.215 e. The van der Waals surface area contributed by atoms with Crippen LogP contribution in [0, 0.1) is 4.77 Å². The van der Waals surface area contributed by atoms with Crippen LogP contribution in [-0.2, 0) is 6.42 Å². The topological polar surface area (TPSA) is 42.8 Å². The van der Waals surface area contributed by atoms with E-state index in [2.05, 4.69) is 29.0 Å². The molecule has 0 radical (unpaired) electrons. The first-order valence-electron chi connectivity index (χ1n) is 6.48. The zero-order valence-corrected chi connectivity index (χ0v) is 12.2. The van der Waals surface area contributed by atoms with E-state index >= 15 is 0 Å². The molecule has 5 heteroatoms. The van der Waals surface area contributed by atoms with Crippen molar-refractivity contribution in [2.75, 3.05) is 7.11 Å². The molecule has 0 atom stereocenters. The molecule has 2 heterocycles. The van der Waals surface area contributed by atoms with E-state index in [0.29, 0.717) is 10.7 Å². The van der Waals surface area contributed by atoms with Crippen molar-refractivity contribution < 1.29 is 4.74 Å². The van der Waals surface area contributed by atoms with Gasteiger partial charge in [-0.1, -0.05) is 19.1 Å². The van der Waals surface area contributed by atoms with Gasteiger partial charge in [-0.25, -0.2) is 0 Å². The van der Waals surface area contributed by atoms with Gasteiger partial charge in [0.1, 0.15) is 0 Å². The molecule has 1 N–H and O–H groups in total. The maximum absolute atomic E-state index is 5.42. The zero-order valence-electron chi connectivity index (χ0n) is 11.4. The Morgan fingerprint density at radius 3 is 2.90 bits per heavy atom. The molecular formula is C15H15N3OS. The summed E-state index contributed by atoms with van der Waals surface area (Å²) in [7, 11) is 1.61. The predicted octanol–water partition coefficient (Wildman–Crippen LogP) is 3.65. The molecule has 0 unspecified atom stereocenters. The van der Waals surface area contributed by atoms with Crippen LogP contribution >= 0.6 is 12.2 Å². The van der Waals surface area contributed by atoms with Crippen LogP contribution in [-0.4, -0.2) is 21.6 Å². The number of rotatable bonds is 3. The lowest BCUT2D eigenvalue weighted by Crippen LogP contribution is -1.97. The molecule has 1 aromatic carbocycles. The predicted molar refractivity (Wildman–Crippen MR) is 82.2 cm³/mol. The first kappa shape index (κ1) is 12.9. The van der Waals surface area contributed by atoms with Crippen molar-refractivity contribution in [2.24, 2.45) is 0 Å². The second-order valence-corrected chi connectivity index (χ2v) is 4.90. The number of pyridine rings is 1. The third kappa shape index (κ3) is 2.10. The van der Waals surface area contributed by atoms with Crippen molar-refractivity contribution in [3.63, 3.8) is 0 Å².